The van der Waals surface area contributed by atoms with Gasteiger partial charge < -0.3 is 15.3 Å². The highest BCUT2D eigenvalue weighted by Crippen LogP contribution is 2.19. The zero-order valence-electron chi connectivity index (χ0n) is 13.1. The van der Waals surface area contributed by atoms with Crippen molar-refractivity contribution in [2.45, 2.75) is 46.2 Å². The third-order valence-electron chi connectivity index (χ3n) is 3.02. The van der Waals surface area contributed by atoms with Gasteiger partial charge in [-0.25, -0.2) is 14.6 Å². The third kappa shape index (κ3) is 5.00. The van der Waals surface area contributed by atoms with E-state index in [2.05, 4.69) is 24.1 Å². The molecule has 0 aromatic carbocycles. The molecular weight excluding hydrogens is 290 g/mol. The first kappa shape index (κ1) is 17.4. The molecule has 2 N–H and O–H groups in total. The van der Waals surface area contributed by atoms with Crippen LogP contribution in [0.5, 0.6) is 0 Å². The SMILES string of the molecule is CC(C)c1nc(CN(C)C(=O)NC(C(=O)O)C(C)C)cs1. The fourth-order valence-corrected chi connectivity index (χ4v) is 2.56. The summed E-state index contributed by atoms with van der Waals surface area (Å²) in [6, 6.07) is -1.29. The largest absolute Gasteiger partial charge is 0.480 e. The van der Waals surface area contributed by atoms with E-state index in [0.717, 1.165) is 10.7 Å². The van der Waals surface area contributed by atoms with Crippen molar-refractivity contribution >= 4 is 23.3 Å². The maximum absolute atomic E-state index is 12.0. The summed E-state index contributed by atoms with van der Waals surface area (Å²) < 4.78 is 0. The molecule has 0 aliphatic carbocycles. The van der Waals surface area contributed by atoms with Crippen molar-refractivity contribution in [3.8, 4) is 0 Å². The number of amides is 2. The fourth-order valence-electron chi connectivity index (χ4n) is 1.73. The van der Waals surface area contributed by atoms with E-state index in [4.69, 9.17) is 5.11 Å². The molecule has 0 radical (unpaired) electrons. The summed E-state index contributed by atoms with van der Waals surface area (Å²) in [5.74, 6) is -0.839. The topological polar surface area (TPSA) is 82.5 Å². The number of aromatic nitrogens is 1. The van der Waals surface area contributed by atoms with Gasteiger partial charge in [0.2, 0.25) is 0 Å². The molecule has 0 aliphatic heterocycles. The molecule has 7 heteroatoms. The van der Waals surface area contributed by atoms with Gasteiger partial charge in [-0.05, 0) is 5.92 Å². The van der Waals surface area contributed by atoms with Crippen molar-refractivity contribution in [2.24, 2.45) is 5.92 Å². The number of urea groups is 1. The lowest BCUT2D eigenvalue weighted by atomic mass is 10.1. The average molecular weight is 313 g/mol. The van der Waals surface area contributed by atoms with Gasteiger partial charge in [0.25, 0.3) is 0 Å². The molecule has 0 fully saturated rings. The Morgan fingerprint density at radius 2 is 2.00 bits per heavy atom. The van der Waals surface area contributed by atoms with Crippen molar-refractivity contribution in [2.75, 3.05) is 7.05 Å². The zero-order valence-corrected chi connectivity index (χ0v) is 13.9. The number of hydrogen-bond donors (Lipinski definition) is 2. The van der Waals surface area contributed by atoms with Crippen molar-refractivity contribution < 1.29 is 14.7 Å². The number of aliphatic carboxylic acids is 1. The van der Waals surface area contributed by atoms with E-state index in [0.29, 0.717) is 12.5 Å². The summed E-state index contributed by atoms with van der Waals surface area (Å²) >= 11 is 1.57. The number of nitrogens with zero attached hydrogens (tertiary/aromatic N) is 2. The van der Waals surface area contributed by atoms with E-state index in [1.807, 2.05) is 5.38 Å². The van der Waals surface area contributed by atoms with E-state index in [1.54, 1.807) is 32.2 Å². The molecule has 0 saturated heterocycles. The number of carbonyl (C=O) groups excluding carboxylic acids is 1. The molecule has 1 aromatic heterocycles. The standard InChI is InChI=1S/C14H23N3O3S/c1-8(2)11(13(18)19)16-14(20)17(5)6-10-7-21-12(15-10)9(3)4/h7-9,11H,6H2,1-5H3,(H,16,20)(H,18,19). The number of nitrogens with one attached hydrogen (secondary N) is 1. The van der Waals surface area contributed by atoms with Crippen molar-refractivity contribution in [3.63, 3.8) is 0 Å². The van der Waals surface area contributed by atoms with Gasteiger partial charge in [0.15, 0.2) is 0 Å². The van der Waals surface area contributed by atoms with Crippen LogP contribution in [-0.2, 0) is 11.3 Å². The van der Waals surface area contributed by atoms with E-state index in [1.165, 1.54) is 4.90 Å². The minimum Gasteiger partial charge on any atom is -0.480 e. The second-order valence-electron chi connectivity index (χ2n) is 5.70. The van der Waals surface area contributed by atoms with E-state index in [9.17, 15) is 9.59 Å². The van der Waals surface area contributed by atoms with Crippen LogP contribution < -0.4 is 5.32 Å². The number of carboxylic acids is 1. The number of carboxylic acid groups (broad SMARTS) is 1. The second-order valence-corrected chi connectivity index (χ2v) is 6.59. The maximum atomic E-state index is 12.0. The van der Waals surface area contributed by atoms with Crippen molar-refractivity contribution in [3.05, 3.63) is 16.1 Å². The van der Waals surface area contributed by atoms with Crippen LogP contribution in [0.1, 0.15) is 44.3 Å². The maximum Gasteiger partial charge on any atom is 0.326 e. The second kappa shape index (κ2) is 7.40. The lowest BCUT2D eigenvalue weighted by Gasteiger charge is -2.22. The predicted molar refractivity (Wildman–Crippen MR) is 82.5 cm³/mol. The van der Waals surface area contributed by atoms with Crippen LogP contribution in [0.3, 0.4) is 0 Å². The van der Waals surface area contributed by atoms with E-state index in [-0.39, 0.29) is 5.92 Å². The molecule has 1 aromatic rings. The van der Waals surface area contributed by atoms with Crippen molar-refractivity contribution in [1.29, 1.82) is 0 Å². The van der Waals surface area contributed by atoms with Crippen LogP contribution in [0.4, 0.5) is 4.79 Å². The minimum atomic E-state index is -1.03. The van der Waals surface area contributed by atoms with Gasteiger partial charge in [0.1, 0.15) is 6.04 Å². The smallest absolute Gasteiger partial charge is 0.326 e. The first-order valence-corrected chi connectivity index (χ1v) is 7.79. The molecule has 0 saturated carbocycles. The highest BCUT2D eigenvalue weighted by Gasteiger charge is 2.25. The third-order valence-corrected chi connectivity index (χ3v) is 4.22. The van der Waals surface area contributed by atoms with Crippen LogP contribution in [0.2, 0.25) is 0 Å². The Bertz CT molecular complexity index is 499. The number of rotatable bonds is 6. The molecule has 0 spiro atoms. The minimum absolute atomic E-state index is 0.174. The van der Waals surface area contributed by atoms with Crippen LogP contribution >= 0.6 is 11.3 Å². The molecular formula is C14H23N3O3S. The quantitative estimate of drug-likeness (QED) is 0.845. The molecule has 1 atom stereocenters. The molecule has 21 heavy (non-hydrogen) atoms. The van der Waals surface area contributed by atoms with Crippen LogP contribution in [0.15, 0.2) is 5.38 Å². The molecule has 6 nitrogen and oxygen atoms in total. The van der Waals surface area contributed by atoms with Gasteiger partial charge in [0, 0.05) is 18.3 Å². The number of carbonyl (C=O) groups is 2. The molecule has 1 heterocycles. The Hall–Kier alpha value is -1.63. The summed E-state index contributed by atoms with van der Waals surface area (Å²) in [6.07, 6.45) is 0. The highest BCUT2D eigenvalue weighted by atomic mass is 32.1. The monoisotopic (exact) mass is 313 g/mol. The Labute approximate surface area is 129 Å². The zero-order chi connectivity index (χ0) is 16.2. The number of hydrogen-bond acceptors (Lipinski definition) is 4. The Kier molecular flexibility index (Phi) is 6.14. The molecule has 1 unspecified atom stereocenters. The van der Waals surface area contributed by atoms with E-state index < -0.39 is 18.0 Å². The highest BCUT2D eigenvalue weighted by molar-refractivity contribution is 7.09. The summed E-state index contributed by atoms with van der Waals surface area (Å²) in [5, 5.41) is 14.6. The first-order chi connectivity index (χ1) is 9.72. The Morgan fingerprint density at radius 1 is 1.38 bits per heavy atom. The molecule has 2 amide bonds. The molecule has 0 aliphatic rings. The van der Waals surface area contributed by atoms with Gasteiger partial charge in [-0.15, -0.1) is 11.3 Å². The average Bonchev–Trinajstić information content (AvgIpc) is 2.83. The lowest BCUT2D eigenvalue weighted by molar-refractivity contribution is -0.140. The van der Waals surface area contributed by atoms with Crippen LogP contribution in [-0.4, -0.2) is 40.1 Å². The summed E-state index contributed by atoms with van der Waals surface area (Å²) in [4.78, 5) is 29.0. The normalized spacial score (nSPS) is 12.5. The first-order valence-electron chi connectivity index (χ1n) is 6.91. The van der Waals surface area contributed by atoms with Gasteiger partial charge >= 0.3 is 12.0 Å². The van der Waals surface area contributed by atoms with Gasteiger partial charge in [-0.1, -0.05) is 27.7 Å². The Balaban J connectivity index is 2.63. The fraction of sp³-hybridized carbons (Fsp3) is 0.643. The van der Waals surface area contributed by atoms with Gasteiger partial charge in [0.05, 0.1) is 17.2 Å². The van der Waals surface area contributed by atoms with Crippen LogP contribution in [0, 0.1) is 5.92 Å². The van der Waals surface area contributed by atoms with Gasteiger partial charge in [-0.2, -0.15) is 0 Å². The van der Waals surface area contributed by atoms with Crippen molar-refractivity contribution in [1.82, 2.24) is 15.2 Å². The molecule has 118 valence electrons. The van der Waals surface area contributed by atoms with Crippen LogP contribution in [0.25, 0.3) is 0 Å². The number of thiazole rings is 1. The lowest BCUT2D eigenvalue weighted by Crippen LogP contribution is -2.48. The predicted octanol–water partition coefficient (Wildman–Crippen LogP) is 2.52. The molecule has 1 rings (SSSR count). The summed E-state index contributed by atoms with van der Waals surface area (Å²) in [6.45, 7) is 8.01. The van der Waals surface area contributed by atoms with E-state index >= 15 is 0 Å². The summed E-state index contributed by atoms with van der Waals surface area (Å²) in [5.41, 5.74) is 0.817. The summed E-state index contributed by atoms with van der Waals surface area (Å²) in [7, 11) is 1.63. The van der Waals surface area contributed by atoms with Gasteiger partial charge in [-0.3, -0.25) is 0 Å². The Morgan fingerprint density at radius 3 is 2.43 bits per heavy atom. The molecule has 0 bridgehead atoms.